The first-order valence-corrected chi connectivity index (χ1v) is 10.9. The second-order valence-electron chi connectivity index (χ2n) is 6.65. The van der Waals surface area contributed by atoms with Crippen LogP contribution in [-0.2, 0) is 11.4 Å². The number of hydrogen-bond donors (Lipinski definition) is 1. The van der Waals surface area contributed by atoms with Gasteiger partial charge in [-0.1, -0.05) is 41.4 Å². The predicted molar refractivity (Wildman–Crippen MR) is 124 cm³/mol. The summed E-state index contributed by atoms with van der Waals surface area (Å²) in [5.41, 5.74) is 1.47. The van der Waals surface area contributed by atoms with Crippen LogP contribution in [0.2, 0.25) is 10.0 Å². The Kier molecular flexibility index (Phi) is 6.79. The first-order chi connectivity index (χ1) is 15.4. The van der Waals surface area contributed by atoms with Crippen LogP contribution in [0, 0.1) is 11.6 Å². The number of carbonyl (C=O) groups is 1. The van der Waals surface area contributed by atoms with E-state index in [2.05, 4.69) is 10.3 Å². The van der Waals surface area contributed by atoms with E-state index in [4.69, 9.17) is 27.9 Å². The fourth-order valence-corrected chi connectivity index (χ4v) is 4.29. The number of amides is 1. The van der Waals surface area contributed by atoms with Gasteiger partial charge >= 0.3 is 0 Å². The Morgan fingerprint density at radius 3 is 2.41 bits per heavy atom. The molecule has 0 saturated carbocycles. The van der Waals surface area contributed by atoms with Crippen molar-refractivity contribution in [3.05, 3.63) is 98.4 Å². The molecular weight excluding hydrogens is 477 g/mol. The number of aliphatic imine (C=N–C) groups is 1. The number of halogens is 4. The molecule has 0 radical (unpaired) electrons. The first-order valence-electron chi connectivity index (χ1n) is 9.29. The number of amidine groups is 1. The average Bonchev–Trinajstić information content (AvgIpc) is 3.09. The minimum atomic E-state index is -0.386. The standard InChI is InChI=1S/C23H14Cl2F2N2O2S/c24-17-9-13(10-18(25)21(17)31-12-14-3-1-2-4-19(14)27)11-20-22(30)29-23(32-20)28-16-7-5-15(26)6-8-16/h1-11H,12H2,(H,28,29,30)/b20-11+. The van der Waals surface area contributed by atoms with E-state index in [1.807, 2.05) is 0 Å². The Morgan fingerprint density at radius 1 is 1.03 bits per heavy atom. The third-order valence-corrected chi connectivity index (χ3v) is 5.83. The van der Waals surface area contributed by atoms with Crippen LogP contribution < -0.4 is 10.1 Å². The molecule has 0 unspecified atom stereocenters. The van der Waals surface area contributed by atoms with Crippen LogP contribution in [0.3, 0.4) is 0 Å². The molecule has 3 aromatic carbocycles. The second kappa shape index (κ2) is 9.73. The van der Waals surface area contributed by atoms with Crippen LogP contribution in [0.15, 0.2) is 70.6 Å². The summed E-state index contributed by atoms with van der Waals surface area (Å²) in [6, 6.07) is 15.0. The van der Waals surface area contributed by atoms with Crippen molar-refractivity contribution in [2.45, 2.75) is 6.61 Å². The van der Waals surface area contributed by atoms with Crippen molar-refractivity contribution in [3.63, 3.8) is 0 Å². The molecule has 9 heteroatoms. The number of ether oxygens (including phenoxy) is 1. The minimum absolute atomic E-state index is 0.0337. The van der Waals surface area contributed by atoms with E-state index < -0.39 is 0 Å². The largest absolute Gasteiger partial charge is 0.486 e. The summed E-state index contributed by atoms with van der Waals surface area (Å²) in [6.45, 7) is -0.0337. The van der Waals surface area contributed by atoms with Gasteiger partial charge < -0.3 is 10.1 Å². The topological polar surface area (TPSA) is 50.7 Å². The van der Waals surface area contributed by atoms with Gasteiger partial charge in [-0.05, 0) is 65.9 Å². The normalized spacial score (nSPS) is 15.9. The lowest BCUT2D eigenvalue weighted by Gasteiger charge is -2.11. The quantitative estimate of drug-likeness (QED) is 0.402. The maximum absolute atomic E-state index is 13.8. The monoisotopic (exact) mass is 490 g/mol. The zero-order valence-corrected chi connectivity index (χ0v) is 18.6. The number of carbonyl (C=O) groups excluding carboxylic acids is 1. The lowest BCUT2D eigenvalue weighted by Crippen LogP contribution is -2.19. The van der Waals surface area contributed by atoms with E-state index in [1.54, 1.807) is 36.4 Å². The number of nitrogens with one attached hydrogen (secondary N) is 1. The van der Waals surface area contributed by atoms with Crippen molar-refractivity contribution in [1.82, 2.24) is 5.32 Å². The third-order valence-electron chi connectivity index (χ3n) is 4.36. The Morgan fingerprint density at radius 2 is 1.72 bits per heavy atom. The van der Waals surface area contributed by atoms with Crippen molar-refractivity contribution >= 4 is 57.8 Å². The molecule has 32 heavy (non-hydrogen) atoms. The third kappa shape index (κ3) is 5.30. The lowest BCUT2D eigenvalue weighted by molar-refractivity contribution is -0.115. The fraction of sp³-hybridized carbons (Fsp3) is 0.0435. The van der Waals surface area contributed by atoms with Crippen molar-refractivity contribution < 1.29 is 18.3 Å². The number of nitrogens with zero attached hydrogens (tertiary/aromatic N) is 1. The van der Waals surface area contributed by atoms with E-state index in [0.29, 0.717) is 26.9 Å². The molecule has 4 rings (SSSR count). The Labute approximate surface area is 196 Å². The van der Waals surface area contributed by atoms with Gasteiger partial charge in [-0.3, -0.25) is 4.79 Å². The van der Waals surface area contributed by atoms with Gasteiger partial charge in [0.25, 0.3) is 5.91 Å². The van der Waals surface area contributed by atoms with Gasteiger partial charge in [0.2, 0.25) is 0 Å². The smallest absolute Gasteiger partial charge is 0.264 e. The Balaban J connectivity index is 1.51. The van der Waals surface area contributed by atoms with Gasteiger partial charge in [0.1, 0.15) is 18.2 Å². The van der Waals surface area contributed by atoms with Gasteiger partial charge in [0, 0.05) is 5.56 Å². The minimum Gasteiger partial charge on any atom is -0.486 e. The van der Waals surface area contributed by atoms with Gasteiger partial charge in [0.15, 0.2) is 10.9 Å². The van der Waals surface area contributed by atoms with Crippen LogP contribution in [-0.4, -0.2) is 11.1 Å². The fourth-order valence-electron chi connectivity index (χ4n) is 2.83. The van der Waals surface area contributed by atoms with E-state index in [0.717, 1.165) is 11.8 Å². The molecular formula is C23H14Cl2F2N2O2S. The van der Waals surface area contributed by atoms with Gasteiger partial charge in [-0.15, -0.1) is 0 Å². The molecule has 0 aliphatic carbocycles. The molecule has 1 heterocycles. The van der Waals surface area contributed by atoms with Crippen LogP contribution in [0.25, 0.3) is 6.08 Å². The summed E-state index contributed by atoms with van der Waals surface area (Å²) in [5.74, 6) is -0.861. The highest BCUT2D eigenvalue weighted by molar-refractivity contribution is 8.18. The Bertz CT molecular complexity index is 1220. The molecule has 0 spiro atoms. The van der Waals surface area contributed by atoms with Gasteiger partial charge in [0.05, 0.1) is 20.6 Å². The molecule has 1 amide bonds. The predicted octanol–water partition coefficient (Wildman–Crippen LogP) is 6.74. The number of benzene rings is 3. The molecule has 1 saturated heterocycles. The number of rotatable bonds is 5. The Hall–Kier alpha value is -2.87. The molecule has 1 fully saturated rings. The summed E-state index contributed by atoms with van der Waals surface area (Å²) < 4.78 is 32.4. The summed E-state index contributed by atoms with van der Waals surface area (Å²) in [7, 11) is 0. The molecule has 1 N–H and O–H groups in total. The molecule has 3 aromatic rings. The van der Waals surface area contributed by atoms with E-state index >= 15 is 0 Å². The van der Waals surface area contributed by atoms with Crippen LogP contribution in [0.4, 0.5) is 14.5 Å². The highest BCUT2D eigenvalue weighted by Crippen LogP contribution is 2.37. The average molecular weight is 491 g/mol. The van der Waals surface area contributed by atoms with Crippen LogP contribution >= 0.6 is 35.0 Å². The molecule has 4 nitrogen and oxygen atoms in total. The first kappa shape index (κ1) is 22.3. The van der Waals surface area contributed by atoms with E-state index in [1.165, 1.54) is 30.3 Å². The van der Waals surface area contributed by atoms with Crippen LogP contribution in [0.5, 0.6) is 5.75 Å². The number of thioether (sulfide) groups is 1. The SMILES string of the molecule is O=C1NC(=Nc2ccc(F)cc2)S/C1=C/c1cc(Cl)c(OCc2ccccc2F)c(Cl)c1. The highest BCUT2D eigenvalue weighted by Gasteiger charge is 2.24. The highest BCUT2D eigenvalue weighted by atomic mass is 35.5. The van der Waals surface area contributed by atoms with Crippen molar-refractivity contribution in [2.75, 3.05) is 0 Å². The van der Waals surface area contributed by atoms with Gasteiger partial charge in [-0.2, -0.15) is 0 Å². The summed E-state index contributed by atoms with van der Waals surface area (Å²) in [6.07, 6.45) is 1.62. The lowest BCUT2D eigenvalue weighted by atomic mass is 10.2. The molecule has 0 atom stereocenters. The molecule has 1 aliphatic heterocycles. The van der Waals surface area contributed by atoms with Gasteiger partial charge in [-0.25, -0.2) is 13.8 Å². The summed E-state index contributed by atoms with van der Waals surface area (Å²) in [4.78, 5) is 17.0. The summed E-state index contributed by atoms with van der Waals surface area (Å²) >= 11 is 13.8. The molecule has 162 valence electrons. The maximum atomic E-state index is 13.8. The maximum Gasteiger partial charge on any atom is 0.264 e. The zero-order valence-electron chi connectivity index (χ0n) is 16.2. The van der Waals surface area contributed by atoms with E-state index in [9.17, 15) is 13.6 Å². The second-order valence-corrected chi connectivity index (χ2v) is 8.50. The van der Waals surface area contributed by atoms with E-state index in [-0.39, 0.29) is 39.9 Å². The molecule has 0 aromatic heterocycles. The van der Waals surface area contributed by atoms with Crippen molar-refractivity contribution in [1.29, 1.82) is 0 Å². The zero-order chi connectivity index (χ0) is 22.7. The molecule has 0 bridgehead atoms. The van der Waals surface area contributed by atoms with Crippen LogP contribution in [0.1, 0.15) is 11.1 Å². The van der Waals surface area contributed by atoms with Crippen molar-refractivity contribution in [3.8, 4) is 5.75 Å². The van der Waals surface area contributed by atoms with Crippen molar-refractivity contribution in [2.24, 2.45) is 4.99 Å². The number of hydrogen-bond acceptors (Lipinski definition) is 4. The molecule has 1 aliphatic rings. The summed E-state index contributed by atoms with van der Waals surface area (Å²) in [5, 5.41) is 3.48.